The molecule has 0 spiro atoms. The van der Waals surface area contributed by atoms with E-state index in [9.17, 15) is 34.1 Å². The van der Waals surface area contributed by atoms with Gasteiger partial charge in [0.25, 0.3) is 0 Å². The van der Waals surface area contributed by atoms with Crippen molar-refractivity contribution in [1.29, 1.82) is 0 Å². The average Bonchev–Trinajstić information content (AvgIpc) is 3.52. The van der Waals surface area contributed by atoms with Crippen LogP contribution in [0.4, 0.5) is 4.39 Å². The van der Waals surface area contributed by atoms with Crippen molar-refractivity contribution in [3.05, 3.63) is 23.3 Å². The molecule has 4 saturated carbocycles. The molecule has 55 heavy (non-hydrogen) atoms. The van der Waals surface area contributed by atoms with E-state index in [1.54, 1.807) is 0 Å². The number of hydrogen-bond donors (Lipinski definition) is 4. The number of carboxylic acid groups (broad SMARTS) is 3. The molecule has 0 amide bonds. The Balaban J connectivity index is 1.10. The molecule has 1 saturated heterocycles. The number of likely N-dealkylation sites (tertiary alicyclic amines) is 1. The van der Waals surface area contributed by atoms with E-state index >= 15 is 0 Å². The molecule has 5 fully saturated rings. The lowest BCUT2D eigenvalue weighted by atomic mass is 9.32. The second-order valence-electron chi connectivity index (χ2n) is 21.5. The molecule has 4 N–H and O–H groups in total. The Labute approximate surface area is 329 Å². The summed E-state index contributed by atoms with van der Waals surface area (Å²) in [6, 6.07) is 0. The van der Waals surface area contributed by atoms with Crippen molar-refractivity contribution >= 4 is 17.9 Å². The summed E-state index contributed by atoms with van der Waals surface area (Å²) in [6.07, 6.45) is 17.1. The zero-order valence-corrected chi connectivity index (χ0v) is 34.9. The highest BCUT2D eigenvalue weighted by Crippen LogP contribution is 2.76. The minimum absolute atomic E-state index is 0.0339. The molecule has 8 nitrogen and oxygen atoms in total. The van der Waals surface area contributed by atoms with Crippen LogP contribution in [0.3, 0.4) is 0 Å². The van der Waals surface area contributed by atoms with Crippen molar-refractivity contribution < 1.29 is 34.1 Å². The summed E-state index contributed by atoms with van der Waals surface area (Å²) >= 11 is 0. The summed E-state index contributed by atoms with van der Waals surface area (Å²) < 4.78 is 14.0. The number of carboxylic acids is 3. The van der Waals surface area contributed by atoms with E-state index < -0.39 is 35.4 Å². The third kappa shape index (κ3) is 5.94. The zero-order chi connectivity index (χ0) is 40.0. The normalized spacial score (nSPS) is 43.6. The summed E-state index contributed by atoms with van der Waals surface area (Å²) in [5, 5.41) is 33.5. The van der Waals surface area contributed by atoms with Crippen LogP contribution < -0.4 is 5.32 Å². The number of rotatable bonds is 10. The molecule has 6 aliphatic carbocycles. The monoisotopic (exact) mass is 767 g/mol. The van der Waals surface area contributed by atoms with Gasteiger partial charge in [0, 0.05) is 18.6 Å². The molecule has 0 aromatic rings. The van der Waals surface area contributed by atoms with E-state index in [1.165, 1.54) is 62.5 Å². The lowest BCUT2D eigenvalue weighted by Gasteiger charge is -2.72. The van der Waals surface area contributed by atoms with Gasteiger partial charge in [-0.1, -0.05) is 60.6 Å². The Kier molecular flexibility index (Phi) is 10.4. The standard InChI is InChI=1S/C46H71FN2O6/c1-29(2)31-12-19-46(48-24-27-49-25-22-45(23-26-49,38(52)53)39(54)55)21-20-42(6)33(36(31)46)8-9-35-41(5)15-13-32(40(3,4)34(41)14-16-43(35,42)7)30-10-17-44(28-47,18-11-30)37(50)51/h10,13,29,31,33-36,48H,8-9,11-12,14-28H2,1-7H3,(H,50,51)(H,52,53)(H,54,55)/t31-,33+,34-,35+,36+,41-,42+,43+,44+,46-/m0/s1. The number of nitrogens with zero attached hydrogens (tertiary/aromatic N) is 1. The van der Waals surface area contributed by atoms with E-state index in [0.717, 1.165) is 19.5 Å². The van der Waals surface area contributed by atoms with Gasteiger partial charge in [0.15, 0.2) is 5.41 Å². The fraction of sp³-hybridized carbons (Fsp3) is 0.848. The Morgan fingerprint density at radius 2 is 1.49 bits per heavy atom. The van der Waals surface area contributed by atoms with Crippen LogP contribution in [0.2, 0.25) is 0 Å². The predicted octanol–water partition coefficient (Wildman–Crippen LogP) is 9.00. The van der Waals surface area contributed by atoms with Crippen LogP contribution >= 0.6 is 0 Å². The maximum absolute atomic E-state index is 14.0. The second kappa shape index (κ2) is 13.9. The third-order valence-corrected chi connectivity index (χ3v) is 19.0. The van der Waals surface area contributed by atoms with Crippen molar-refractivity contribution in [2.45, 2.75) is 144 Å². The van der Waals surface area contributed by atoms with Crippen molar-refractivity contribution in [3.63, 3.8) is 0 Å². The Morgan fingerprint density at radius 3 is 2.07 bits per heavy atom. The van der Waals surface area contributed by atoms with Crippen molar-refractivity contribution in [2.75, 3.05) is 32.9 Å². The molecule has 0 bridgehead atoms. The molecule has 1 heterocycles. The summed E-state index contributed by atoms with van der Waals surface area (Å²) in [4.78, 5) is 38.1. The van der Waals surface area contributed by atoms with E-state index in [1.807, 2.05) is 0 Å². The first-order chi connectivity index (χ1) is 25.8. The lowest BCUT2D eigenvalue weighted by molar-refractivity contribution is -0.223. The number of alkyl halides is 1. The van der Waals surface area contributed by atoms with Gasteiger partial charge in [-0.15, -0.1) is 0 Å². The molecule has 0 radical (unpaired) electrons. The van der Waals surface area contributed by atoms with Gasteiger partial charge in [0.1, 0.15) is 6.67 Å². The molecular formula is C46H71FN2O6. The molecular weight excluding hydrogens is 696 g/mol. The van der Waals surface area contributed by atoms with Crippen LogP contribution in [0.25, 0.3) is 0 Å². The molecule has 7 aliphatic rings. The van der Waals surface area contributed by atoms with E-state index in [0.29, 0.717) is 61.4 Å². The first-order valence-corrected chi connectivity index (χ1v) is 21.9. The zero-order valence-electron chi connectivity index (χ0n) is 34.9. The fourth-order valence-electron chi connectivity index (χ4n) is 15.5. The van der Waals surface area contributed by atoms with Gasteiger partial charge in [0.2, 0.25) is 0 Å². The molecule has 7 rings (SSSR count). The van der Waals surface area contributed by atoms with Gasteiger partial charge < -0.3 is 25.5 Å². The number of aliphatic carboxylic acids is 3. The third-order valence-electron chi connectivity index (χ3n) is 19.0. The molecule has 10 atom stereocenters. The molecule has 308 valence electrons. The molecule has 0 aromatic carbocycles. The minimum atomic E-state index is -1.66. The van der Waals surface area contributed by atoms with Gasteiger partial charge in [0.05, 0.1) is 5.41 Å². The van der Waals surface area contributed by atoms with E-state index in [-0.39, 0.29) is 46.5 Å². The highest BCUT2D eigenvalue weighted by Gasteiger charge is 2.70. The predicted molar refractivity (Wildman–Crippen MR) is 212 cm³/mol. The van der Waals surface area contributed by atoms with Crippen LogP contribution in [0.5, 0.6) is 0 Å². The highest BCUT2D eigenvalue weighted by molar-refractivity contribution is 5.98. The summed E-state index contributed by atoms with van der Waals surface area (Å²) in [6.45, 7) is 19.6. The van der Waals surface area contributed by atoms with Crippen LogP contribution in [-0.2, 0) is 14.4 Å². The topological polar surface area (TPSA) is 127 Å². The first-order valence-electron chi connectivity index (χ1n) is 21.9. The molecule has 0 unspecified atom stereocenters. The molecule has 1 aliphatic heterocycles. The fourth-order valence-corrected chi connectivity index (χ4v) is 15.5. The smallest absolute Gasteiger partial charge is 0.321 e. The number of nitrogens with one attached hydrogen (secondary N) is 1. The summed E-state index contributed by atoms with van der Waals surface area (Å²) in [5.74, 6) is 0.331. The van der Waals surface area contributed by atoms with Crippen molar-refractivity contribution in [2.24, 2.45) is 68.0 Å². The largest absolute Gasteiger partial charge is 0.481 e. The maximum atomic E-state index is 14.0. The van der Waals surface area contributed by atoms with Crippen LogP contribution in [0.1, 0.15) is 138 Å². The van der Waals surface area contributed by atoms with Gasteiger partial charge >= 0.3 is 17.9 Å². The average molecular weight is 767 g/mol. The number of allylic oxidation sites excluding steroid dienone is 4. The SMILES string of the molecule is CC(C)[C@@H]1CC[C@]2(NCCN3CCC(C(=O)O)(C(=O)O)CC3)CC[C@]3(C)[C@H](CC[C@@H]4[C@@]5(C)CC=C(C6=CC[C@@](CF)(C(=O)O)CC6)C(C)(C)[C@@H]5CC[C@]43C)[C@@H]12. The van der Waals surface area contributed by atoms with E-state index in [4.69, 9.17) is 0 Å². The quantitative estimate of drug-likeness (QED) is 0.162. The molecule has 9 heteroatoms. The lowest BCUT2D eigenvalue weighted by Crippen LogP contribution is -2.68. The van der Waals surface area contributed by atoms with Crippen molar-refractivity contribution in [1.82, 2.24) is 10.2 Å². The van der Waals surface area contributed by atoms with Gasteiger partial charge in [-0.25, -0.2) is 4.39 Å². The van der Waals surface area contributed by atoms with E-state index in [2.05, 4.69) is 70.8 Å². The number of halogens is 1. The van der Waals surface area contributed by atoms with Crippen LogP contribution in [0.15, 0.2) is 23.3 Å². The highest BCUT2D eigenvalue weighted by atomic mass is 19.1. The first kappa shape index (κ1) is 40.9. The Bertz CT molecular complexity index is 1600. The number of hydrogen-bond acceptors (Lipinski definition) is 5. The minimum Gasteiger partial charge on any atom is -0.481 e. The van der Waals surface area contributed by atoms with Crippen LogP contribution in [-0.4, -0.2) is 76.5 Å². The number of fused-ring (bicyclic) bond motifs is 7. The number of carbonyl (C=O) groups is 3. The molecule has 0 aromatic heterocycles. The maximum Gasteiger partial charge on any atom is 0.321 e. The second-order valence-corrected chi connectivity index (χ2v) is 21.5. The Morgan fingerprint density at radius 1 is 0.800 bits per heavy atom. The van der Waals surface area contributed by atoms with Gasteiger partial charge in [-0.3, -0.25) is 14.4 Å². The van der Waals surface area contributed by atoms with Crippen LogP contribution in [0, 0.1) is 68.0 Å². The van der Waals surface area contributed by atoms with Crippen molar-refractivity contribution in [3.8, 4) is 0 Å². The van der Waals surface area contributed by atoms with Gasteiger partial charge in [-0.05, 0) is 171 Å². The number of piperidine rings is 1. The summed E-state index contributed by atoms with van der Waals surface area (Å²) in [7, 11) is 0. The Hall–Kier alpha value is -2.26. The van der Waals surface area contributed by atoms with Gasteiger partial charge in [-0.2, -0.15) is 0 Å². The summed E-state index contributed by atoms with van der Waals surface area (Å²) in [5.41, 5.74) is 0.462.